The Morgan fingerprint density at radius 2 is 2.25 bits per heavy atom. The van der Waals surface area contributed by atoms with Gasteiger partial charge in [0.2, 0.25) is 0 Å². The topological polar surface area (TPSA) is 50.1 Å². The van der Waals surface area contributed by atoms with E-state index in [9.17, 15) is 0 Å². The van der Waals surface area contributed by atoms with Crippen molar-refractivity contribution in [1.82, 2.24) is 9.78 Å². The normalized spacial score (nSPS) is 10.4. The molecule has 0 radical (unpaired) electrons. The molecule has 2 N–H and O–H groups in total. The van der Waals surface area contributed by atoms with Gasteiger partial charge in [-0.2, -0.15) is 5.10 Å². The van der Waals surface area contributed by atoms with Crippen molar-refractivity contribution >= 4 is 17.4 Å². The van der Waals surface area contributed by atoms with Crippen molar-refractivity contribution in [2.24, 2.45) is 0 Å². The summed E-state index contributed by atoms with van der Waals surface area (Å²) in [6, 6.07) is 8.24. The summed E-state index contributed by atoms with van der Waals surface area (Å²) < 4.78 is 1.75. The predicted molar refractivity (Wildman–Crippen MR) is 84.0 cm³/mol. The molecule has 1 aromatic carbocycles. The Morgan fingerprint density at radius 1 is 1.40 bits per heavy atom. The summed E-state index contributed by atoms with van der Waals surface area (Å²) >= 11 is 1.76. The quantitative estimate of drug-likeness (QED) is 0.579. The van der Waals surface area contributed by atoms with Crippen LogP contribution in [0.2, 0.25) is 0 Å². The fourth-order valence-electron chi connectivity index (χ4n) is 1.81. The van der Waals surface area contributed by atoms with Gasteiger partial charge in [0, 0.05) is 34.6 Å². The highest BCUT2D eigenvalue weighted by atomic mass is 32.2. The molecule has 0 aliphatic rings. The van der Waals surface area contributed by atoms with Crippen molar-refractivity contribution in [3.05, 3.63) is 54.9 Å². The number of thioether (sulfide) groups is 1. The van der Waals surface area contributed by atoms with Gasteiger partial charge in [-0.15, -0.1) is 18.3 Å². The van der Waals surface area contributed by atoms with Crippen LogP contribution in [0.5, 0.6) is 0 Å². The number of aliphatic hydroxyl groups excluding tert-OH is 1. The largest absolute Gasteiger partial charge is 0.394 e. The van der Waals surface area contributed by atoms with E-state index in [0.717, 1.165) is 23.5 Å². The van der Waals surface area contributed by atoms with Crippen LogP contribution in [0.4, 0.5) is 5.69 Å². The van der Waals surface area contributed by atoms with E-state index in [-0.39, 0.29) is 6.61 Å². The minimum absolute atomic E-state index is 0.107. The van der Waals surface area contributed by atoms with E-state index in [1.807, 2.05) is 30.6 Å². The van der Waals surface area contributed by atoms with E-state index < -0.39 is 0 Å². The Balaban J connectivity index is 1.97. The summed E-state index contributed by atoms with van der Waals surface area (Å²) in [5.74, 6) is 0.896. The van der Waals surface area contributed by atoms with E-state index in [0.29, 0.717) is 6.54 Å². The number of nitrogens with zero attached hydrogens (tertiary/aromatic N) is 2. The van der Waals surface area contributed by atoms with Gasteiger partial charge < -0.3 is 10.4 Å². The van der Waals surface area contributed by atoms with E-state index in [1.54, 1.807) is 16.4 Å². The fraction of sp³-hybridized carbons (Fsp3) is 0.267. The van der Waals surface area contributed by atoms with Crippen LogP contribution in [0.25, 0.3) is 0 Å². The molecule has 1 heterocycles. The molecular weight excluding hydrogens is 270 g/mol. The van der Waals surface area contributed by atoms with Gasteiger partial charge in [0.1, 0.15) is 0 Å². The Labute approximate surface area is 123 Å². The molecule has 5 heteroatoms. The molecule has 0 spiro atoms. The van der Waals surface area contributed by atoms with Crippen LogP contribution < -0.4 is 5.32 Å². The highest BCUT2D eigenvalue weighted by Gasteiger charge is 2.03. The summed E-state index contributed by atoms with van der Waals surface area (Å²) in [6.07, 6.45) is 5.67. The number of aromatic nitrogens is 2. The van der Waals surface area contributed by atoms with Crippen LogP contribution in [0.15, 0.2) is 54.2 Å². The van der Waals surface area contributed by atoms with Crippen molar-refractivity contribution in [2.45, 2.75) is 18.0 Å². The second-order valence-electron chi connectivity index (χ2n) is 4.28. The lowest BCUT2D eigenvalue weighted by Crippen LogP contribution is -2.02. The third-order valence-corrected chi connectivity index (χ3v) is 3.81. The first kappa shape index (κ1) is 14.7. The van der Waals surface area contributed by atoms with Gasteiger partial charge in [-0.3, -0.25) is 4.68 Å². The van der Waals surface area contributed by atoms with Gasteiger partial charge in [-0.25, -0.2) is 0 Å². The van der Waals surface area contributed by atoms with E-state index in [1.165, 1.54) is 4.90 Å². The molecule has 4 nitrogen and oxygen atoms in total. The maximum Gasteiger partial charge on any atom is 0.0640 e. The minimum atomic E-state index is 0.107. The van der Waals surface area contributed by atoms with Crippen molar-refractivity contribution in [3.63, 3.8) is 0 Å². The van der Waals surface area contributed by atoms with Gasteiger partial charge in [0.25, 0.3) is 0 Å². The molecule has 0 bridgehead atoms. The maximum atomic E-state index is 8.87. The molecule has 0 unspecified atom stereocenters. The number of aliphatic hydroxyl groups is 1. The monoisotopic (exact) mass is 289 g/mol. The number of benzene rings is 1. The third kappa shape index (κ3) is 4.15. The zero-order valence-corrected chi connectivity index (χ0v) is 12.1. The highest BCUT2D eigenvalue weighted by Crippen LogP contribution is 2.27. The fourth-order valence-corrected chi connectivity index (χ4v) is 2.57. The zero-order valence-electron chi connectivity index (χ0n) is 11.3. The average molecular weight is 289 g/mol. The molecule has 1 aromatic heterocycles. The van der Waals surface area contributed by atoms with E-state index in [2.05, 4.69) is 29.1 Å². The smallest absolute Gasteiger partial charge is 0.0640 e. The summed E-state index contributed by atoms with van der Waals surface area (Å²) in [7, 11) is 0. The molecule has 0 amide bonds. The van der Waals surface area contributed by atoms with Crippen LogP contribution in [-0.4, -0.2) is 27.2 Å². The number of para-hydroxylation sites is 1. The first-order chi connectivity index (χ1) is 9.83. The van der Waals surface area contributed by atoms with E-state index in [4.69, 9.17) is 5.11 Å². The van der Waals surface area contributed by atoms with Crippen LogP contribution in [-0.2, 0) is 13.1 Å². The number of hydrogen-bond acceptors (Lipinski definition) is 4. The Morgan fingerprint density at radius 3 is 3.05 bits per heavy atom. The second kappa shape index (κ2) is 7.77. The van der Waals surface area contributed by atoms with Crippen molar-refractivity contribution in [3.8, 4) is 0 Å². The predicted octanol–water partition coefficient (Wildman–Crippen LogP) is 2.77. The number of anilines is 1. The minimum Gasteiger partial charge on any atom is -0.394 e. The number of rotatable bonds is 8. The van der Waals surface area contributed by atoms with Gasteiger partial charge in [0.05, 0.1) is 19.3 Å². The summed E-state index contributed by atoms with van der Waals surface area (Å²) in [6.45, 7) is 5.11. The van der Waals surface area contributed by atoms with Crippen LogP contribution in [0.3, 0.4) is 0 Å². The van der Waals surface area contributed by atoms with E-state index >= 15 is 0 Å². The first-order valence-corrected chi connectivity index (χ1v) is 7.51. The zero-order chi connectivity index (χ0) is 14.2. The maximum absolute atomic E-state index is 8.87. The van der Waals surface area contributed by atoms with Crippen molar-refractivity contribution in [1.29, 1.82) is 0 Å². The molecule has 2 rings (SSSR count). The Hall–Kier alpha value is -1.72. The molecule has 0 atom stereocenters. The molecule has 0 aliphatic carbocycles. The molecule has 0 fully saturated rings. The third-order valence-electron chi connectivity index (χ3n) is 2.74. The number of nitrogens with one attached hydrogen (secondary N) is 1. The van der Waals surface area contributed by atoms with Crippen LogP contribution >= 0.6 is 11.8 Å². The first-order valence-electron chi connectivity index (χ1n) is 6.52. The molecule has 106 valence electrons. The summed E-state index contributed by atoms with van der Waals surface area (Å²) in [4.78, 5) is 1.22. The van der Waals surface area contributed by atoms with Crippen LogP contribution in [0, 0.1) is 0 Å². The molecular formula is C15H19N3OS. The Bertz CT molecular complexity index is 554. The van der Waals surface area contributed by atoms with Gasteiger partial charge in [0.15, 0.2) is 0 Å². The van der Waals surface area contributed by atoms with Gasteiger partial charge >= 0.3 is 0 Å². The molecule has 0 aliphatic heterocycles. The van der Waals surface area contributed by atoms with Crippen molar-refractivity contribution < 1.29 is 5.11 Å². The summed E-state index contributed by atoms with van der Waals surface area (Å²) in [5.41, 5.74) is 2.22. The molecule has 2 aromatic rings. The molecule has 20 heavy (non-hydrogen) atoms. The lowest BCUT2D eigenvalue weighted by molar-refractivity contribution is 0.269. The lowest BCUT2D eigenvalue weighted by atomic mass is 10.3. The Kier molecular flexibility index (Phi) is 5.70. The average Bonchev–Trinajstić information content (AvgIpc) is 2.92. The highest BCUT2D eigenvalue weighted by molar-refractivity contribution is 7.99. The second-order valence-corrected chi connectivity index (χ2v) is 5.35. The van der Waals surface area contributed by atoms with Gasteiger partial charge in [-0.05, 0) is 12.1 Å². The SMILES string of the molecule is C=CCSc1ccccc1NCc1cnn(CCO)c1. The molecule has 0 saturated carbocycles. The summed E-state index contributed by atoms with van der Waals surface area (Å²) in [5, 5.41) is 16.5. The lowest BCUT2D eigenvalue weighted by Gasteiger charge is -2.10. The van der Waals surface area contributed by atoms with Gasteiger partial charge in [-0.1, -0.05) is 18.2 Å². The standard InChI is InChI=1S/C15H19N3OS/c1-2-9-20-15-6-4-3-5-14(15)16-10-13-11-17-18(12-13)7-8-19/h2-6,11-12,16,19H,1,7-10H2. The van der Waals surface area contributed by atoms with Crippen molar-refractivity contribution in [2.75, 3.05) is 17.7 Å². The molecule has 0 saturated heterocycles. The van der Waals surface area contributed by atoms with Crippen LogP contribution in [0.1, 0.15) is 5.56 Å². The number of hydrogen-bond donors (Lipinski definition) is 2.